The number of nitriles is 1. The maximum absolute atomic E-state index is 9.22. The average Bonchev–Trinajstić information content (AvgIpc) is 2.66. The Balaban J connectivity index is 2.08. The molecule has 0 amide bonds. The van der Waals surface area contributed by atoms with Crippen molar-refractivity contribution >= 4 is 22.4 Å². The van der Waals surface area contributed by atoms with Crippen molar-refractivity contribution in [2.45, 2.75) is 52.5 Å². The number of nitrogens with two attached hydrogens (primary N) is 1. The zero-order valence-electron chi connectivity index (χ0n) is 16.9. The number of fused-ring (bicyclic) bond motifs is 1. The number of hydrogen-bond acceptors (Lipinski definition) is 7. The van der Waals surface area contributed by atoms with Crippen LogP contribution in [0.25, 0.3) is 10.8 Å². The highest BCUT2D eigenvalue weighted by atomic mass is 15.1. The molecule has 0 fully saturated rings. The number of anilines is 2. The fourth-order valence-electron chi connectivity index (χ4n) is 3.14. The van der Waals surface area contributed by atoms with Gasteiger partial charge in [-0.15, -0.1) is 0 Å². The predicted molar refractivity (Wildman–Crippen MR) is 110 cm³/mol. The van der Waals surface area contributed by atoms with Crippen molar-refractivity contribution in [2.75, 3.05) is 5.32 Å². The largest absolute Gasteiger partial charge is 0.324 e. The summed E-state index contributed by atoms with van der Waals surface area (Å²) >= 11 is 0. The van der Waals surface area contributed by atoms with Crippen LogP contribution in [0.3, 0.4) is 0 Å². The molecule has 144 valence electrons. The van der Waals surface area contributed by atoms with Crippen molar-refractivity contribution in [1.82, 2.24) is 19.9 Å². The van der Waals surface area contributed by atoms with Crippen molar-refractivity contribution in [3.05, 3.63) is 47.3 Å². The lowest BCUT2D eigenvalue weighted by Crippen LogP contribution is -2.29. The molecule has 0 unspecified atom stereocenters. The van der Waals surface area contributed by atoms with E-state index in [-0.39, 0.29) is 5.92 Å². The summed E-state index contributed by atoms with van der Waals surface area (Å²) in [5.41, 5.74) is 8.79. The number of aryl methyl sites for hydroxylation is 1. The Kier molecular flexibility index (Phi) is 5.25. The Hall–Kier alpha value is -3.11. The average molecular weight is 375 g/mol. The predicted octanol–water partition coefficient (Wildman–Crippen LogP) is 3.91. The first-order valence-corrected chi connectivity index (χ1v) is 9.35. The summed E-state index contributed by atoms with van der Waals surface area (Å²) in [5.74, 6) is 1.28. The smallest absolute Gasteiger partial charge is 0.162 e. The molecule has 0 aliphatic rings. The van der Waals surface area contributed by atoms with E-state index in [1.54, 1.807) is 6.20 Å². The summed E-state index contributed by atoms with van der Waals surface area (Å²) in [6, 6.07) is 4.06. The van der Waals surface area contributed by atoms with E-state index in [2.05, 4.69) is 38.2 Å². The number of aromatic nitrogens is 4. The Morgan fingerprint density at radius 2 is 1.86 bits per heavy atom. The van der Waals surface area contributed by atoms with Gasteiger partial charge in [0.1, 0.15) is 17.7 Å². The summed E-state index contributed by atoms with van der Waals surface area (Å²) in [5, 5.41) is 14.4. The van der Waals surface area contributed by atoms with Gasteiger partial charge in [0.15, 0.2) is 5.69 Å². The minimum atomic E-state index is -0.533. The van der Waals surface area contributed by atoms with Crippen molar-refractivity contribution in [3.8, 4) is 6.07 Å². The third-order valence-corrected chi connectivity index (χ3v) is 4.59. The van der Waals surface area contributed by atoms with Gasteiger partial charge in [-0.25, -0.2) is 15.0 Å². The van der Waals surface area contributed by atoms with Crippen LogP contribution in [0, 0.1) is 11.3 Å². The normalized spacial score (nSPS) is 11.6. The van der Waals surface area contributed by atoms with Crippen molar-refractivity contribution in [2.24, 2.45) is 5.73 Å². The van der Waals surface area contributed by atoms with Gasteiger partial charge in [-0.1, -0.05) is 20.8 Å². The van der Waals surface area contributed by atoms with Crippen LogP contribution >= 0.6 is 0 Å². The highest BCUT2D eigenvalue weighted by Crippen LogP contribution is 2.30. The molecule has 7 heteroatoms. The second-order valence-electron chi connectivity index (χ2n) is 7.69. The van der Waals surface area contributed by atoms with Crippen LogP contribution in [0.5, 0.6) is 0 Å². The van der Waals surface area contributed by atoms with E-state index in [1.807, 2.05) is 46.2 Å². The van der Waals surface area contributed by atoms with E-state index >= 15 is 0 Å². The minimum Gasteiger partial charge on any atom is -0.324 e. The maximum atomic E-state index is 9.22. The van der Waals surface area contributed by atoms with Crippen molar-refractivity contribution < 1.29 is 0 Å². The molecule has 0 aromatic carbocycles. The monoisotopic (exact) mass is 375 g/mol. The Bertz CT molecular complexity index is 1060. The van der Waals surface area contributed by atoms with E-state index in [4.69, 9.17) is 5.73 Å². The highest BCUT2D eigenvalue weighted by Gasteiger charge is 2.20. The molecule has 0 atom stereocenters. The molecule has 0 saturated heterocycles. The van der Waals surface area contributed by atoms with E-state index in [9.17, 15) is 5.26 Å². The van der Waals surface area contributed by atoms with E-state index < -0.39 is 5.54 Å². The SMILES string of the molecule is CCc1ncc(C(C)(C)N)c2cc(Nc3cnc(C#N)c(C(C)C)n3)ncc12. The highest BCUT2D eigenvalue weighted by molar-refractivity contribution is 5.89. The first-order valence-electron chi connectivity index (χ1n) is 9.35. The summed E-state index contributed by atoms with van der Waals surface area (Å²) in [7, 11) is 0. The summed E-state index contributed by atoms with van der Waals surface area (Å²) in [4.78, 5) is 17.9. The van der Waals surface area contributed by atoms with E-state index in [1.165, 1.54) is 0 Å². The van der Waals surface area contributed by atoms with Gasteiger partial charge >= 0.3 is 0 Å². The first kappa shape index (κ1) is 19.6. The van der Waals surface area contributed by atoms with Crippen LogP contribution in [-0.2, 0) is 12.0 Å². The van der Waals surface area contributed by atoms with E-state index in [0.717, 1.165) is 28.5 Å². The number of pyridine rings is 2. The molecule has 0 bridgehead atoms. The molecule has 28 heavy (non-hydrogen) atoms. The first-order chi connectivity index (χ1) is 13.2. The molecule has 3 aromatic rings. The topological polar surface area (TPSA) is 113 Å². The molecule has 0 radical (unpaired) electrons. The number of rotatable bonds is 5. The summed E-state index contributed by atoms with van der Waals surface area (Å²) < 4.78 is 0. The third kappa shape index (κ3) is 3.78. The standard InChI is InChI=1S/C21H25N7/c1-6-16-14-9-26-18(7-13(14)15(10-24-16)21(4,5)23)27-19-11-25-17(8-22)20(28-19)12(2)3/h7,9-12H,6,23H2,1-5H3,(H,26,27,28). The summed E-state index contributed by atoms with van der Waals surface area (Å²) in [6.45, 7) is 9.96. The van der Waals surface area contributed by atoms with Crippen LogP contribution in [0.15, 0.2) is 24.7 Å². The van der Waals surface area contributed by atoms with Gasteiger partial charge in [0, 0.05) is 29.0 Å². The molecular weight excluding hydrogens is 350 g/mol. The number of nitrogens with one attached hydrogen (secondary N) is 1. The molecule has 3 rings (SSSR count). The zero-order valence-corrected chi connectivity index (χ0v) is 16.9. The van der Waals surface area contributed by atoms with Gasteiger partial charge in [0.2, 0.25) is 0 Å². The van der Waals surface area contributed by atoms with Gasteiger partial charge in [0.05, 0.1) is 11.9 Å². The van der Waals surface area contributed by atoms with E-state index in [0.29, 0.717) is 23.0 Å². The zero-order chi connectivity index (χ0) is 20.5. The molecule has 7 nitrogen and oxygen atoms in total. The number of hydrogen-bond donors (Lipinski definition) is 2. The molecule has 3 N–H and O–H groups in total. The van der Waals surface area contributed by atoms with Crippen LogP contribution in [0.2, 0.25) is 0 Å². The minimum absolute atomic E-state index is 0.0938. The molecular formula is C21H25N7. The Morgan fingerprint density at radius 1 is 1.11 bits per heavy atom. The second-order valence-corrected chi connectivity index (χ2v) is 7.69. The lowest BCUT2D eigenvalue weighted by atomic mass is 9.92. The fourth-order valence-corrected chi connectivity index (χ4v) is 3.14. The van der Waals surface area contributed by atoms with Gasteiger partial charge < -0.3 is 11.1 Å². The second kappa shape index (κ2) is 7.49. The lowest BCUT2D eigenvalue weighted by Gasteiger charge is -2.22. The van der Waals surface area contributed by atoms with Gasteiger partial charge in [-0.05, 0) is 43.2 Å². The van der Waals surface area contributed by atoms with Gasteiger partial charge in [-0.3, -0.25) is 4.98 Å². The third-order valence-electron chi connectivity index (χ3n) is 4.59. The molecule has 3 aromatic heterocycles. The van der Waals surface area contributed by atoms with Gasteiger partial charge in [0.25, 0.3) is 0 Å². The molecule has 3 heterocycles. The van der Waals surface area contributed by atoms with Crippen molar-refractivity contribution in [3.63, 3.8) is 0 Å². The fraction of sp³-hybridized carbons (Fsp3) is 0.381. The Morgan fingerprint density at radius 3 is 2.46 bits per heavy atom. The quantitative estimate of drug-likeness (QED) is 0.695. The number of nitrogens with zero attached hydrogens (tertiary/aromatic N) is 5. The van der Waals surface area contributed by atoms with Gasteiger partial charge in [-0.2, -0.15) is 5.26 Å². The maximum Gasteiger partial charge on any atom is 0.162 e. The van der Waals surface area contributed by atoms with Crippen LogP contribution in [0.4, 0.5) is 11.6 Å². The molecule has 0 spiro atoms. The van der Waals surface area contributed by atoms with Crippen LogP contribution in [0.1, 0.15) is 63.2 Å². The lowest BCUT2D eigenvalue weighted by molar-refractivity contribution is 0.557. The molecule has 0 aliphatic heterocycles. The van der Waals surface area contributed by atoms with Crippen molar-refractivity contribution in [1.29, 1.82) is 5.26 Å². The molecule has 0 saturated carbocycles. The van der Waals surface area contributed by atoms with Crippen LogP contribution < -0.4 is 11.1 Å². The summed E-state index contributed by atoms with van der Waals surface area (Å²) in [6.07, 6.45) is 6.03. The Labute approximate surface area is 165 Å². The van der Waals surface area contributed by atoms with Crippen LogP contribution in [-0.4, -0.2) is 19.9 Å². The molecule has 0 aliphatic carbocycles.